The molecule has 1 saturated heterocycles. The fourth-order valence-electron chi connectivity index (χ4n) is 2.10. The van der Waals surface area contributed by atoms with Gasteiger partial charge in [-0.1, -0.05) is 5.16 Å². The van der Waals surface area contributed by atoms with Crippen molar-refractivity contribution >= 4 is 0 Å². The van der Waals surface area contributed by atoms with Crippen molar-refractivity contribution in [2.45, 2.75) is 19.4 Å². The minimum atomic E-state index is 0.685. The van der Waals surface area contributed by atoms with Crippen LogP contribution in [0.2, 0.25) is 0 Å². The van der Waals surface area contributed by atoms with E-state index >= 15 is 0 Å². The van der Waals surface area contributed by atoms with Gasteiger partial charge in [0.2, 0.25) is 5.89 Å². The van der Waals surface area contributed by atoms with E-state index in [0.29, 0.717) is 5.89 Å². The Morgan fingerprint density at radius 3 is 2.89 bits per heavy atom. The first-order valence-electron chi connectivity index (χ1n) is 6.53. The summed E-state index contributed by atoms with van der Waals surface area (Å²) in [5.74, 6) is 1.44. The van der Waals surface area contributed by atoms with Gasteiger partial charge in [0.25, 0.3) is 0 Å². The largest absolute Gasteiger partial charge is 0.472 e. The van der Waals surface area contributed by atoms with Crippen molar-refractivity contribution in [3.63, 3.8) is 0 Å². The lowest BCUT2D eigenvalue weighted by Crippen LogP contribution is -2.35. The van der Waals surface area contributed by atoms with Crippen molar-refractivity contribution in [1.29, 1.82) is 0 Å². The molecule has 6 heteroatoms. The second kappa shape index (κ2) is 5.99. The molecule has 2 aromatic heterocycles. The quantitative estimate of drug-likeness (QED) is 0.809. The highest BCUT2D eigenvalue weighted by atomic mass is 16.5. The standard InChI is InChI=1S/C13H17N3O3/c1(11-3-6-18-10-11)2-13-14-12(15-19-13)9-16-4-7-17-8-5-16/h3,6,10H,1-2,4-5,7-9H2. The van der Waals surface area contributed by atoms with E-state index in [1.165, 1.54) is 0 Å². The second-order valence-corrected chi connectivity index (χ2v) is 4.62. The summed E-state index contributed by atoms with van der Waals surface area (Å²) in [6.07, 6.45) is 5.02. The molecule has 0 bridgehead atoms. The third-order valence-electron chi connectivity index (χ3n) is 3.19. The average Bonchev–Trinajstić information content (AvgIpc) is 3.09. The summed E-state index contributed by atoms with van der Waals surface area (Å²) in [6.45, 7) is 4.16. The molecule has 0 amide bonds. The molecule has 0 radical (unpaired) electrons. The molecule has 3 rings (SSSR count). The molecule has 1 fully saturated rings. The maximum absolute atomic E-state index is 5.31. The van der Waals surface area contributed by atoms with Gasteiger partial charge in [-0.2, -0.15) is 4.98 Å². The molecule has 0 atom stereocenters. The number of hydrogen-bond donors (Lipinski definition) is 0. The summed E-state index contributed by atoms with van der Waals surface area (Å²) in [4.78, 5) is 6.68. The van der Waals surface area contributed by atoms with E-state index < -0.39 is 0 Å². The predicted molar refractivity (Wildman–Crippen MR) is 66.5 cm³/mol. The molecule has 0 aliphatic carbocycles. The van der Waals surface area contributed by atoms with E-state index in [-0.39, 0.29) is 0 Å². The van der Waals surface area contributed by atoms with Crippen LogP contribution in [0.15, 0.2) is 27.5 Å². The normalized spacial score (nSPS) is 16.8. The smallest absolute Gasteiger partial charge is 0.227 e. The Balaban J connectivity index is 1.51. The molecule has 0 saturated carbocycles. The average molecular weight is 263 g/mol. The zero-order valence-corrected chi connectivity index (χ0v) is 10.7. The molecule has 1 aliphatic heterocycles. The third-order valence-corrected chi connectivity index (χ3v) is 3.19. The molecule has 0 aromatic carbocycles. The molecule has 0 spiro atoms. The van der Waals surface area contributed by atoms with E-state index in [0.717, 1.165) is 57.1 Å². The van der Waals surface area contributed by atoms with Gasteiger partial charge in [0, 0.05) is 19.5 Å². The second-order valence-electron chi connectivity index (χ2n) is 4.62. The van der Waals surface area contributed by atoms with Gasteiger partial charge in [-0.3, -0.25) is 4.90 Å². The van der Waals surface area contributed by atoms with Gasteiger partial charge in [-0.05, 0) is 18.1 Å². The van der Waals surface area contributed by atoms with Gasteiger partial charge in [0.15, 0.2) is 5.82 Å². The van der Waals surface area contributed by atoms with Crippen LogP contribution >= 0.6 is 0 Å². The van der Waals surface area contributed by atoms with Crippen LogP contribution in [-0.2, 0) is 24.1 Å². The molecule has 3 heterocycles. The number of aromatic nitrogens is 2. The highest BCUT2D eigenvalue weighted by molar-refractivity contribution is 5.06. The van der Waals surface area contributed by atoms with Crippen LogP contribution in [0.1, 0.15) is 17.3 Å². The number of furan rings is 1. The zero-order chi connectivity index (χ0) is 12.9. The Labute approximate surface area is 111 Å². The van der Waals surface area contributed by atoms with E-state index in [2.05, 4.69) is 15.0 Å². The first-order chi connectivity index (χ1) is 9.40. The molecule has 6 nitrogen and oxygen atoms in total. The lowest BCUT2D eigenvalue weighted by molar-refractivity contribution is 0.0327. The maximum Gasteiger partial charge on any atom is 0.227 e. The Hall–Kier alpha value is -1.66. The highest BCUT2D eigenvalue weighted by Gasteiger charge is 2.14. The molecule has 102 valence electrons. The number of ether oxygens (including phenoxy) is 1. The van der Waals surface area contributed by atoms with Crippen molar-refractivity contribution < 1.29 is 13.7 Å². The summed E-state index contributed by atoms with van der Waals surface area (Å²) in [5, 5.41) is 4.02. The minimum Gasteiger partial charge on any atom is -0.472 e. The maximum atomic E-state index is 5.31. The minimum absolute atomic E-state index is 0.685. The molecule has 0 unspecified atom stereocenters. The zero-order valence-electron chi connectivity index (χ0n) is 10.7. The molecule has 2 aromatic rings. The van der Waals surface area contributed by atoms with Gasteiger partial charge in [-0.15, -0.1) is 0 Å². The van der Waals surface area contributed by atoms with E-state index in [4.69, 9.17) is 13.7 Å². The highest BCUT2D eigenvalue weighted by Crippen LogP contribution is 2.08. The van der Waals surface area contributed by atoms with Crippen molar-refractivity contribution in [3.8, 4) is 0 Å². The Morgan fingerprint density at radius 1 is 1.21 bits per heavy atom. The van der Waals surface area contributed by atoms with Gasteiger partial charge < -0.3 is 13.7 Å². The van der Waals surface area contributed by atoms with Crippen molar-refractivity contribution in [2.75, 3.05) is 26.3 Å². The summed E-state index contributed by atoms with van der Waals surface area (Å²) in [7, 11) is 0. The molecule has 1 aliphatic rings. The molecular weight excluding hydrogens is 246 g/mol. The monoisotopic (exact) mass is 263 g/mol. The van der Waals surface area contributed by atoms with Gasteiger partial charge >= 0.3 is 0 Å². The number of rotatable bonds is 5. The topological polar surface area (TPSA) is 64.5 Å². The van der Waals surface area contributed by atoms with Crippen LogP contribution < -0.4 is 0 Å². The van der Waals surface area contributed by atoms with Crippen molar-refractivity contribution in [1.82, 2.24) is 15.0 Å². The Bertz CT molecular complexity index is 489. The predicted octanol–water partition coefficient (Wildman–Crippen LogP) is 1.28. The lowest BCUT2D eigenvalue weighted by Gasteiger charge is -2.24. The Morgan fingerprint density at radius 2 is 2.11 bits per heavy atom. The van der Waals surface area contributed by atoms with E-state index in [1.807, 2.05) is 6.07 Å². The van der Waals surface area contributed by atoms with Crippen molar-refractivity contribution in [2.24, 2.45) is 0 Å². The van der Waals surface area contributed by atoms with Gasteiger partial charge in [-0.25, -0.2) is 0 Å². The van der Waals surface area contributed by atoms with E-state index in [1.54, 1.807) is 12.5 Å². The first kappa shape index (κ1) is 12.4. The number of morpholine rings is 1. The summed E-state index contributed by atoms with van der Waals surface area (Å²) >= 11 is 0. The third kappa shape index (κ3) is 3.42. The van der Waals surface area contributed by atoms with Crippen molar-refractivity contribution in [3.05, 3.63) is 35.9 Å². The number of aryl methyl sites for hydroxylation is 2. The summed E-state index contributed by atoms with van der Waals surface area (Å²) in [6, 6.07) is 1.95. The fourth-order valence-corrected chi connectivity index (χ4v) is 2.10. The number of hydrogen-bond acceptors (Lipinski definition) is 6. The lowest BCUT2D eigenvalue weighted by atomic mass is 10.2. The summed E-state index contributed by atoms with van der Waals surface area (Å²) < 4.78 is 15.6. The molecular formula is C13H17N3O3. The van der Waals surface area contributed by atoms with Gasteiger partial charge in [0.1, 0.15) is 0 Å². The first-order valence-corrected chi connectivity index (χ1v) is 6.53. The SMILES string of the molecule is c1cc(CCc2nc(CN3CCOCC3)no2)co1. The number of nitrogens with zero attached hydrogens (tertiary/aromatic N) is 3. The Kier molecular flexibility index (Phi) is 3.90. The van der Waals surface area contributed by atoms with Gasteiger partial charge in [0.05, 0.1) is 32.3 Å². The van der Waals surface area contributed by atoms with Crippen LogP contribution in [0.25, 0.3) is 0 Å². The fraction of sp³-hybridized carbons (Fsp3) is 0.538. The summed E-state index contributed by atoms with van der Waals surface area (Å²) in [5.41, 5.74) is 1.15. The van der Waals surface area contributed by atoms with Crippen LogP contribution in [-0.4, -0.2) is 41.3 Å². The molecule has 0 N–H and O–H groups in total. The molecule has 19 heavy (non-hydrogen) atoms. The van der Waals surface area contributed by atoms with Crippen LogP contribution in [0.4, 0.5) is 0 Å². The van der Waals surface area contributed by atoms with Crippen LogP contribution in [0, 0.1) is 0 Å². The van der Waals surface area contributed by atoms with Crippen LogP contribution in [0.5, 0.6) is 0 Å². The van der Waals surface area contributed by atoms with E-state index in [9.17, 15) is 0 Å². The van der Waals surface area contributed by atoms with Crippen LogP contribution in [0.3, 0.4) is 0 Å².